The molecule has 0 radical (unpaired) electrons. The van der Waals surface area contributed by atoms with Gasteiger partial charge in [-0.25, -0.2) is 0 Å². The van der Waals surface area contributed by atoms with E-state index in [9.17, 15) is 0 Å². The van der Waals surface area contributed by atoms with E-state index in [1.165, 1.54) is 16.0 Å². The van der Waals surface area contributed by atoms with Crippen LogP contribution < -0.4 is 0 Å². The molecule has 1 aromatic heterocycles. The van der Waals surface area contributed by atoms with Crippen molar-refractivity contribution in [2.45, 2.75) is 12.3 Å². The molecule has 0 saturated heterocycles. The third-order valence-corrected chi connectivity index (χ3v) is 3.92. The minimum absolute atomic E-state index is 0.583. The van der Waals surface area contributed by atoms with Gasteiger partial charge in [-0.05, 0) is 29.0 Å². The predicted molar refractivity (Wildman–Crippen MR) is 66.2 cm³/mol. The molecule has 0 nitrogen and oxygen atoms in total. The molecule has 1 heteroatoms. The summed E-state index contributed by atoms with van der Waals surface area (Å²) in [5.41, 5.74) is 2.85. The van der Waals surface area contributed by atoms with E-state index in [-0.39, 0.29) is 0 Å². The van der Waals surface area contributed by atoms with Crippen molar-refractivity contribution in [1.82, 2.24) is 0 Å². The highest BCUT2D eigenvalue weighted by molar-refractivity contribution is 7.10. The van der Waals surface area contributed by atoms with Gasteiger partial charge in [0, 0.05) is 10.8 Å². The number of benzene rings is 1. The second-order valence-electron chi connectivity index (χ2n) is 3.88. The van der Waals surface area contributed by atoms with Gasteiger partial charge in [0.25, 0.3) is 0 Å². The van der Waals surface area contributed by atoms with Crippen molar-refractivity contribution in [3.63, 3.8) is 0 Å². The summed E-state index contributed by atoms with van der Waals surface area (Å²) in [5, 5.41) is 2.16. The Kier molecular flexibility index (Phi) is 2.18. The van der Waals surface area contributed by atoms with Gasteiger partial charge in [-0.3, -0.25) is 0 Å². The summed E-state index contributed by atoms with van der Waals surface area (Å²) in [7, 11) is 0. The van der Waals surface area contributed by atoms with Crippen LogP contribution in [0.15, 0.2) is 47.9 Å². The van der Waals surface area contributed by atoms with Crippen LogP contribution in [0.25, 0.3) is 6.08 Å². The molecule has 0 aliphatic heterocycles. The van der Waals surface area contributed by atoms with Gasteiger partial charge in [0.05, 0.1) is 0 Å². The first kappa shape index (κ1) is 8.93. The zero-order valence-corrected chi connectivity index (χ0v) is 9.21. The standard InChI is InChI=1S/C14H12S/c1-2-5-12-10-13(8-7-11(12)4-1)14-6-3-9-15-14/h1-9,13H,10H2. The summed E-state index contributed by atoms with van der Waals surface area (Å²) in [6, 6.07) is 13.0. The van der Waals surface area contributed by atoms with Gasteiger partial charge >= 0.3 is 0 Å². The monoisotopic (exact) mass is 212 g/mol. The second kappa shape index (κ2) is 3.67. The summed E-state index contributed by atoms with van der Waals surface area (Å²) in [6.07, 6.45) is 5.73. The molecule has 0 saturated carbocycles. The van der Waals surface area contributed by atoms with Crippen LogP contribution in [0, 0.1) is 0 Å². The van der Waals surface area contributed by atoms with Crippen LogP contribution in [0.1, 0.15) is 21.9 Å². The van der Waals surface area contributed by atoms with Crippen molar-refractivity contribution >= 4 is 17.4 Å². The van der Waals surface area contributed by atoms with E-state index in [2.05, 4.69) is 53.9 Å². The topological polar surface area (TPSA) is 0 Å². The first-order chi connectivity index (χ1) is 7.43. The molecule has 74 valence electrons. The van der Waals surface area contributed by atoms with E-state index in [1.807, 2.05) is 11.3 Å². The van der Waals surface area contributed by atoms with E-state index in [0.29, 0.717) is 5.92 Å². The number of thiophene rings is 1. The molecule has 1 unspecified atom stereocenters. The highest BCUT2D eigenvalue weighted by Crippen LogP contribution is 2.31. The average Bonchev–Trinajstić information content (AvgIpc) is 2.82. The Morgan fingerprint density at radius 1 is 1.07 bits per heavy atom. The zero-order valence-electron chi connectivity index (χ0n) is 8.39. The fourth-order valence-corrected chi connectivity index (χ4v) is 2.91. The summed E-state index contributed by atoms with van der Waals surface area (Å²) in [4.78, 5) is 1.47. The fourth-order valence-electron chi connectivity index (χ4n) is 2.11. The molecule has 1 aliphatic carbocycles. The minimum atomic E-state index is 0.583. The van der Waals surface area contributed by atoms with Crippen LogP contribution in [0.4, 0.5) is 0 Å². The molecular weight excluding hydrogens is 200 g/mol. The maximum atomic E-state index is 2.33. The molecule has 3 rings (SSSR count). The highest BCUT2D eigenvalue weighted by atomic mass is 32.1. The Hall–Kier alpha value is -1.34. The maximum Gasteiger partial charge on any atom is 0.0156 e. The molecule has 15 heavy (non-hydrogen) atoms. The van der Waals surface area contributed by atoms with E-state index < -0.39 is 0 Å². The van der Waals surface area contributed by atoms with Gasteiger partial charge in [0.2, 0.25) is 0 Å². The molecule has 0 fully saturated rings. The summed E-state index contributed by atoms with van der Waals surface area (Å²) in [5.74, 6) is 0.583. The van der Waals surface area contributed by atoms with Crippen molar-refractivity contribution in [3.05, 3.63) is 63.9 Å². The summed E-state index contributed by atoms with van der Waals surface area (Å²) >= 11 is 1.85. The Morgan fingerprint density at radius 2 is 2.00 bits per heavy atom. The average molecular weight is 212 g/mol. The lowest BCUT2D eigenvalue weighted by Gasteiger charge is -2.17. The fraction of sp³-hybridized carbons (Fsp3) is 0.143. The van der Waals surface area contributed by atoms with Gasteiger partial charge in [0.15, 0.2) is 0 Å². The Labute approximate surface area is 93.9 Å². The summed E-state index contributed by atoms with van der Waals surface area (Å²) < 4.78 is 0. The zero-order chi connectivity index (χ0) is 10.1. The molecule has 1 aliphatic rings. The van der Waals surface area contributed by atoms with E-state index >= 15 is 0 Å². The largest absolute Gasteiger partial charge is 0.148 e. The maximum absolute atomic E-state index is 2.33. The normalized spacial score (nSPS) is 18.8. The first-order valence-electron chi connectivity index (χ1n) is 5.23. The van der Waals surface area contributed by atoms with Gasteiger partial charge in [0.1, 0.15) is 0 Å². The number of hydrogen-bond donors (Lipinski definition) is 0. The second-order valence-corrected chi connectivity index (χ2v) is 4.86. The van der Waals surface area contributed by atoms with Crippen molar-refractivity contribution < 1.29 is 0 Å². The lowest BCUT2D eigenvalue weighted by atomic mass is 9.89. The Balaban J connectivity index is 1.96. The predicted octanol–water partition coefficient (Wildman–Crippen LogP) is 4.10. The molecule has 0 N–H and O–H groups in total. The summed E-state index contributed by atoms with van der Waals surface area (Å²) in [6.45, 7) is 0. The van der Waals surface area contributed by atoms with Crippen molar-refractivity contribution in [1.29, 1.82) is 0 Å². The van der Waals surface area contributed by atoms with Crippen molar-refractivity contribution in [2.24, 2.45) is 0 Å². The number of fused-ring (bicyclic) bond motifs is 1. The molecule has 0 spiro atoms. The van der Waals surface area contributed by atoms with Crippen LogP contribution in [-0.4, -0.2) is 0 Å². The molecule has 0 bridgehead atoms. The molecule has 0 amide bonds. The number of hydrogen-bond acceptors (Lipinski definition) is 1. The van der Waals surface area contributed by atoms with Gasteiger partial charge in [-0.1, -0.05) is 42.5 Å². The molecule has 1 aromatic carbocycles. The SMILES string of the molecule is C1=CC(c2cccs2)Cc2ccccc21. The highest BCUT2D eigenvalue weighted by Gasteiger charge is 2.15. The number of allylic oxidation sites excluding steroid dienone is 1. The van der Waals surface area contributed by atoms with E-state index in [4.69, 9.17) is 0 Å². The van der Waals surface area contributed by atoms with Crippen LogP contribution in [0.3, 0.4) is 0 Å². The lowest BCUT2D eigenvalue weighted by molar-refractivity contribution is 0.844. The molecular formula is C14H12S. The van der Waals surface area contributed by atoms with Gasteiger partial charge in [-0.2, -0.15) is 0 Å². The number of rotatable bonds is 1. The molecule has 2 aromatic rings. The van der Waals surface area contributed by atoms with Crippen molar-refractivity contribution in [2.75, 3.05) is 0 Å². The third kappa shape index (κ3) is 1.64. The van der Waals surface area contributed by atoms with Gasteiger partial charge < -0.3 is 0 Å². The van der Waals surface area contributed by atoms with Crippen molar-refractivity contribution in [3.8, 4) is 0 Å². The van der Waals surface area contributed by atoms with Crippen LogP contribution in [0.5, 0.6) is 0 Å². The van der Waals surface area contributed by atoms with Gasteiger partial charge in [-0.15, -0.1) is 11.3 Å². The van der Waals surface area contributed by atoms with Crippen LogP contribution in [-0.2, 0) is 6.42 Å². The first-order valence-corrected chi connectivity index (χ1v) is 6.11. The Morgan fingerprint density at radius 3 is 2.87 bits per heavy atom. The smallest absolute Gasteiger partial charge is 0.0156 e. The molecule has 1 heterocycles. The lowest BCUT2D eigenvalue weighted by Crippen LogP contribution is -2.03. The van der Waals surface area contributed by atoms with E-state index in [0.717, 1.165) is 6.42 Å². The van der Waals surface area contributed by atoms with Crippen LogP contribution in [0.2, 0.25) is 0 Å². The quantitative estimate of drug-likeness (QED) is 0.667. The molecule has 1 atom stereocenters. The van der Waals surface area contributed by atoms with Crippen LogP contribution >= 0.6 is 11.3 Å². The Bertz CT molecular complexity index is 480. The third-order valence-electron chi connectivity index (χ3n) is 2.91. The van der Waals surface area contributed by atoms with E-state index in [1.54, 1.807) is 0 Å². The minimum Gasteiger partial charge on any atom is -0.148 e.